The average Bonchev–Trinajstić information content (AvgIpc) is 2.27. The van der Waals surface area contributed by atoms with Crippen LogP contribution >= 0.6 is 0 Å². The highest BCUT2D eigenvalue weighted by atomic mass is 16.5. The molecule has 0 saturated carbocycles. The van der Waals surface area contributed by atoms with Crippen molar-refractivity contribution in [2.24, 2.45) is 11.7 Å². The van der Waals surface area contributed by atoms with Gasteiger partial charge >= 0.3 is 6.09 Å². The van der Waals surface area contributed by atoms with Crippen molar-refractivity contribution < 1.29 is 14.3 Å². The number of carbonyl (C=O) groups is 1. The van der Waals surface area contributed by atoms with Crippen LogP contribution < -0.4 is 11.1 Å². The molecular formula is C10H20N2O3. The summed E-state index contributed by atoms with van der Waals surface area (Å²) in [7, 11) is 0. The summed E-state index contributed by atoms with van der Waals surface area (Å²) in [5, 5.41) is 2.77. The van der Waals surface area contributed by atoms with Gasteiger partial charge in [0.15, 0.2) is 0 Å². The largest absolute Gasteiger partial charge is 0.450 e. The highest BCUT2D eigenvalue weighted by Crippen LogP contribution is 2.16. The topological polar surface area (TPSA) is 73.6 Å². The molecule has 1 aliphatic rings. The first-order chi connectivity index (χ1) is 7.27. The summed E-state index contributed by atoms with van der Waals surface area (Å²) in [5.41, 5.74) is 5.62. The van der Waals surface area contributed by atoms with E-state index in [1.165, 1.54) is 0 Å². The van der Waals surface area contributed by atoms with Crippen molar-refractivity contribution in [1.29, 1.82) is 0 Å². The number of hydrogen-bond acceptors (Lipinski definition) is 4. The van der Waals surface area contributed by atoms with Crippen LogP contribution in [0.4, 0.5) is 4.79 Å². The number of nitrogens with two attached hydrogens (primary N) is 1. The van der Waals surface area contributed by atoms with Crippen LogP contribution in [0.5, 0.6) is 0 Å². The van der Waals surface area contributed by atoms with E-state index in [4.69, 9.17) is 15.2 Å². The molecule has 1 aliphatic heterocycles. The lowest BCUT2D eigenvalue weighted by molar-refractivity contribution is 0.0395. The molecule has 1 saturated heterocycles. The van der Waals surface area contributed by atoms with Crippen molar-refractivity contribution in [3.8, 4) is 0 Å². The molecule has 0 bridgehead atoms. The second kappa shape index (κ2) is 6.63. The summed E-state index contributed by atoms with van der Waals surface area (Å²) in [6.07, 6.45) is 1.69. The number of rotatable bonds is 4. The lowest BCUT2D eigenvalue weighted by Crippen LogP contribution is -2.47. The quantitative estimate of drug-likeness (QED) is 0.717. The van der Waals surface area contributed by atoms with E-state index in [0.717, 1.165) is 19.4 Å². The third-order valence-electron chi connectivity index (χ3n) is 2.60. The molecule has 5 heteroatoms. The first kappa shape index (κ1) is 12.3. The molecule has 88 valence electrons. The van der Waals surface area contributed by atoms with Crippen molar-refractivity contribution in [3.05, 3.63) is 0 Å². The minimum atomic E-state index is -0.390. The molecule has 2 atom stereocenters. The van der Waals surface area contributed by atoms with E-state index in [2.05, 4.69) is 5.32 Å². The molecule has 15 heavy (non-hydrogen) atoms. The molecule has 1 rings (SSSR count). The van der Waals surface area contributed by atoms with Gasteiger partial charge in [0.05, 0.1) is 13.2 Å². The maximum Gasteiger partial charge on any atom is 0.407 e. The number of ether oxygens (including phenoxy) is 2. The second-order valence-corrected chi connectivity index (χ2v) is 3.68. The van der Waals surface area contributed by atoms with E-state index in [9.17, 15) is 4.79 Å². The zero-order chi connectivity index (χ0) is 11.1. The molecule has 0 aromatic carbocycles. The third kappa shape index (κ3) is 4.05. The Labute approximate surface area is 90.3 Å². The van der Waals surface area contributed by atoms with Gasteiger partial charge in [-0.15, -0.1) is 0 Å². The van der Waals surface area contributed by atoms with Gasteiger partial charge in [0, 0.05) is 25.1 Å². The van der Waals surface area contributed by atoms with Gasteiger partial charge in [0.1, 0.15) is 0 Å². The Morgan fingerprint density at radius 1 is 1.73 bits per heavy atom. The Kier molecular flexibility index (Phi) is 5.42. The Balaban J connectivity index is 2.36. The molecule has 1 amide bonds. The Morgan fingerprint density at radius 2 is 2.53 bits per heavy atom. The Bertz CT molecular complexity index is 193. The van der Waals surface area contributed by atoms with Crippen molar-refractivity contribution in [1.82, 2.24) is 5.32 Å². The van der Waals surface area contributed by atoms with E-state index in [1.807, 2.05) is 0 Å². The molecule has 0 aromatic heterocycles. The van der Waals surface area contributed by atoms with Crippen LogP contribution in [0.25, 0.3) is 0 Å². The molecule has 0 spiro atoms. The van der Waals surface area contributed by atoms with E-state index < -0.39 is 6.09 Å². The van der Waals surface area contributed by atoms with Crippen molar-refractivity contribution >= 4 is 6.09 Å². The van der Waals surface area contributed by atoms with Crippen molar-refractivity contribution in [3.63, 3.8) is 0 Å². The molecule has 0 radical (unpaired) electrons. The Morgan fingerprint density at radius 3 is 3.07 bits per heavy atom. The third-order valence-corrected chi connectivity index (χ3v) is 2.60. The van der Waals surface area contributed by atoms with Gasteiger partial charge < -0.3 is 20.5 Å². The van der Waals surface area contributed by atoms with Gasteiger partial charge in [-0.3, -0.25) is 0 Å². The highest BCUT2D eigenvalue weighted by Gasteiger charge is 2.24. The fraction of sp³-hybridized carbons (Fsp3) is 0.900. The maximum absolute atomic E-state index is 11.2. The minimum Gasteiger partial charge on any atom is -0.450 e. The first-order valence-corrected chi connectivity index (χ1v) is 5.49. The van der Waals surface area contributed by atoms with Gasteiger partial charge in [-0.2, -0.15) is 0 Å². The van der Waals surface area contributed by atoms with Crippen molar-refractivity contribution in [2.45, 2.75) is 25.8 Å². The van der Waals surface area contributed by atoms with E-state index in [-0.39, 0.29) is 6.04 Å². The van der Waals surface area contributed by atoms with Crippen molar-refractivity contribution in [2.75, 3.05) is 26.4 Å². The van der Waals surface area contributed by atoms with Crippen LogP contribution in [-0.2, 0) is 9.47 Å². The zero-order valence-corrected chi connectivity index (χ0v) is 9.20. The summed E-state index contributed by atoms with van der Waals surface area (Å²) in [4.78, 5) is 11.2. The molecule has 3 N–H and O–H groups in total. The fourth-order valence-electron chi connectivity index (χ4n) is 1.78. The minimum absolute atomic E-state index is 0.0376. The SMILES string of the molecule is CCOC(=O)NC(CN)C1CCCOC1. The van der Waals surface area contributed by atoms with Crippen LogP contribution in [0.3, 0.4) is 0 Å². The number of hydrogen-bond donors (Lipinski definition) is 2. The predicted octanol–water partition coefficient (Wildman–Crippen LogP) is 0.486. The fourth-order valence-corrected chi connectivity index (χ4v) is 1.78. The van der Waals surface area contributed by atoms with Crippen LogP contribution in [0.1, 0.15) is 19.8 Å². The molecule has 2 unspecified atom stereocenters. The number of alkyl carbamates (subject to hydrolysis) is 1. The average molecular weight is 216 g/mol. The second-order valence-electron chi connectivity index (χ2n) is 3.68. The molecule has 0 aromatic rings. The molecule has 1 fully saturated rings. The van der Waals surface area contributed by atoms with Gasteiger partial charge in [0.25, 0.3) is 0 Å². The summed E-state index contributed by atoms with van der Waals surface area (Å²) < 4.78 is 10.2. The number of amides is 1. The standard InChI is InChI=1S/C10H20N2O3/c1-2-15-10(13)12-9(6-11)8-4-3-5-14-7-8/h8-9H,2-7,11H2,1H3,(H,12,13). The molecule has 1 heterocycles. The monoisotopic (exact) mass is 216 g/mol. The smallest absolute Gasteiger partial charge is 0.407 e. The Hall–Kier alpha value is -0.810. The lowest BCUT2D eigenvalue weighted by Gasteiger charge is -2.29. The van der Waals surface area contributed by atoms with Crippen LogP contribution in [0, 0.1) is 5.92 Å². The first-order valence-electron chi connectivity index (χ1n) is 5.49. The number of nitrogens with one attached hydrogen (secondary N) is 1. The van der Waals surface area contributed by atoms with E-state index in [0.29, 0.717) is 25.7 Å². The van der Waals surface area contributed by atoms with E-state index in [1.54, 1.807) is 6.92 Å². The number of carbonyl (C=O) groups excluding carboxylic acids is 1. The van der Waals surface area contributed by atoms with Crippen LogP contribution in [0.15, 0.2) is 0 Å². The lowest BCUT2D eigenvalue weighted by atomic mass is 9.94. The summed E-state index contributed by atoms with van der Waals surface area (Å²) in [6.45, 7) is 4.07. The zero-order valence-electron chi connectivity index (χ0n) is 9.20. The van der Waals surface area contributed by atoms with Gasteiger partial charge in [-0.05, 0) is 19.8 Å². The summed E-state index contributed by atoms with van der Waals surface area (Å²) >= 11 is 0. The molecule has 5 nitrogen and oxygen atoms in total. The van der Waals surface area contributed by atoms with Gasteiger partial charge in [-0.25, -0.2) is 4.79 Å². The summed E-state index contributed by atoms with van der Waals surface area (Å²) in [5.74, 6) is 0.313. The highest BCUT2D eigenvalue weighted by molar-refractivity contribution is 5.67. The van der Waals surface area contributed by atoms with Gasteiger partial charge in [-0.1, -0.05) is 0 Å². The maximum atomic E-state index is 11.2. The van der Waals surface area contributed by atoms with E-state index >= 15 is 0 Å². The predicted molar refractivity (Wildman–Crippen MR) is 56.5 cm³/mol. The van der Waals surface area contributed by atoms with Gasteiger partial charge in [0.2, 0.25) is 0 Å². The van der Waals surface area contributed by atoms with Crippen LogP contribution in [-0.4, -0.2) is 38.5 Å². The van der Waals surface area contributed by atoms with Crippen LogP contribution in [0.2, 0.25) is 0 Å². The molecular weight excluding hydrogens is 196 g/mol. The summed E-state index contributed by atoms with van der Waals surface area (Å²) in [6, 6.07) is -0.0376. The molecule has 0 aliphatic carbocycles. The normalized spacial score (nSPS) is 23.2.